The van der Waals surface area contributed by atoms with E-state index in [0.29, 0.717) is 35.2 Å². The predicted octanol–water partition coefficient (Wildman–Crippen LogP) is 5.53. The standard InChI is InChI=1S/C26H34N4O2/c1-2-3-11-20(29-18-8-9-19-29)12-4-7-16-24(31)30-23-15-6-5-13-21(23)26(32)28-22-14-10-17-27-25(22)30/h5-6,10,13-15,17,20H,2-4,7-9,11-12,16,18-19H2,1H3,(H,28,32). The van der Waals surface area contributed by atoms with Crippen molar-refractivity contribution in [3.05, 3.63) is 48.2 Å². The first kappa shape index (κ1) is 22.5. The zero-order valence-corrected chi connectivity index (χ0v) is 19.1. The minimum Gasteiger partial charge on any atom is -0.319 e. The van der Waals surface area contributed by atoms with Gasteiger partial charge >= 0.3 is 0 Å². The summed E-state index contributed by atoms with van der Waals surface area (Å²) in [5.74, 6) is 0.267. The number of amides is 2. The molecule has 0 saturated carbocycles. The van der Waals surface area contributed by atoms with Crippen molar-refractivity contribution in [2.24, 2.45) is 0 Å². The molecule has 1 fully saturated rings. The average molecular weight is 435 g/mol. The van der Waals surface area contributed by atoms with Gasteiger partial charge in [0.1, 0.15) is 0 Å². The van der Waals surface area contributed by atoms with E-state index >= 15 is 0 Å². The molecule has 0 spiro atoms. The van der Waals surface area contributed by atoms with E-state index in [2.05, 4.69) is 22.1 Å². The van der Waals surface area contributed by atoms with Gasteiger partial charge in [-0.15, -0.1) is 0 Å². The molecule has 1 saturated heterocycles. The van der Waals surface area contributed by atoms with Crippen molar-refractivity contribution in [3.63, 3.8) is 0 Å². The van der Waals surface area contributed by atoms with Crippen LogP contribution < -0.4 is 10.2 Å². The van der Waals surface area contributed by atoms with E-state index in [4.69, 9.17) is 0 Å². The van der Waals surface area contributed by atoms with Crippen LogP contribution in [0.4, 0.5) is 17.2 Å². The lowest BCUT2D eigenvalue weighted by Crippen LogP contribution is -2.32. The first-order chi connectivity index (χ1) is 15.7. The molecule has 6 nitrogen and oxygen atoms in total. The van der Waals surface area contributed by atoms with Crippen LogP contribution in [0.1, 0.15) is 75.1 Å². The third-order valence-corrected chi connectivity index (χ3v) is 6.61. The number of carbonyl (C=O) groups excluding carboxylic acids is 2. The summed E-state index contributed by atoms with van der Waals surface area (Å²) < 4.78 is 0. The molecule has 2 aliphatic rings. The van der Waals surface area contributed by atoms with Crippen LogP contribution in [0.3, 0.4) is 0 Å². The lowest BCUT2D eigenvalue weighted by atomic mass is 10.0. The highest BCUT2D eigenvalue weighted by Crippen LogP contribution is 2.36. The topological polar surface area (TPSA) is 65.5 Å². The van der Waals surface area contributed by atoms with E-state index in [-0.39, 0.29) is 11.8 Å². The van der Waals surface area contributed by atoms with Gasteiger partial charge < -0.3 is 10.2 Å². The molecule has 32 heavy (non-hydrogen) atoms. The Morgan fingerprint density at radius 1 is 1.06 bits per heavy atom. The Hall–Kier alpha value is -2.73. The number of carbonyl (C=O) groups is 2. The minimum atomic E-state index is -0.213. The van der Waals surface area contributed by atoms with Gasteiger partial charge in [0.25, 0.3) is 5.91 Å². The van der Waals surface area contributed by atoms with Crippen molar-refractivity contribution in [1.82, 2.24) is 9.88 Å². The van der Waals surface area contributed by atoms with Gasteiger partial charge in [0.15, 0.2) is 5.82 Å². The average Bonchev–Trinajstić information content (AvgIpc) is 3.31. The third-order valence-electron chi connectivity index (χ3n) is 6.61. The Balaban J connectivity index is 1.44. The number of unbranched alkanes of at least 4 members (excludes halogenated alkanes) is 2. The lowest BCUT2D eigenvalue weighted by molar-refractivity contribution is -0.118. The number of para-hydroxylation sites is 1. The van der Waals surface area contributed by atoms with Crippen LogP contribution in [0, 0.1) is 0 Å². The smallest absolute Gasteiger partial charge is 0.257 e. The molecule has 4 rings (SSSR count). The summed E-state index contributed by atoms with van der Waals surface area (Å²) in [5.41, 5.74) is 1.66. The Kier molecular flexibility index (Phi) is 7.53. The number of fused-ring (bicyclic) bond motifs is 2. The summed E-state index contributed by atoms with van der Waals surface area (Å²) >= 11 is 0. The number of nitrogens with zero attached hydrogens (tertiary/aromatic N) is 3. The number of hydrogen-bond donors (Lipinski definition) is 1. The quantitative estimate of drug-likeness (QED) is 0.527. The molecule has 0 bridgehead atoms. The second kappa shape index (κ2) is 10.7. The Bertz CT molecular complexity index is 939. The first-order valence-corrected chi connectivity index (χ1v) is 12.1. The van der Waals surface area contributed by atoms with Gasteiger partial charge in [-0.2, -0.15) is 0 Å². The monoisotopic (exact) mass is 434 g/mol. The number of benzene rings is 1. The van der Waals surface area contributed by atoms with Gasteiger partial charge in [-0.1, -0.05) is 38.3 Å². The number of anilines is 3. The van der Waals surface area contributed by atoms with Gasteiger partial charge in [0.05, 0.1) is 16.9 Å². The Morgan fingerprint density at radius 2 is 1.84 bits per heavy atom. The van der Waals surface area contributed by atoms with Gasteiger partial charge in [0.2, 0.25) is 5.91 Å². The van der Waals surface area contributed by atoms with Crippen molar-refractivity contribution < 1.29 is 9.59 Å². The van der Waals surface area contributed by atoms with Crippen LogP contribution in [-0.2, 0) is 4.79 Å². The van der Waals surface area contributed by atoms with E-state index in [0.717, 1.165) is 19.3 Å². The fourth-order valence-electron chi connectivity index (χ4n) is 4.91. The van der Waals surface area contributed by atoms with Gasteiger partial charge in [-0.25, -0.2) is 4.98 Å². The van der Waals surface area contributed by atoms with E-state index in [9.17, 15) is 9.59 Å². The molecular formula is C26H34N4O2. The van der Waals surface area contributed by atoms with Crippen LogP contribution in [0.2, 0.25) is 0 Å². The largest absolute Gasteiger partial charge is 0.319 e. The molecule has 2 amide bonds. The van der Waals surface area contributed by atoms with Gasteiger partial charge in [-0.3, -0.25) is 14.5 Å². The number of hydrogen-bond acceptors (Lipinski definition) is 4. The highest BCUT2D eigenvalue weighted by molar-refractivity contribution is 6.17. The first-order valence-electron chi connectivity index (χ1n) is 12.1. The molecular weight excluding hydrogens is 400 g/mol. The highest BCUT2D eigenvalue weighted by Gasteiger charge is 2.30. The second-order valence-electron chi connectivity index (χ2n) is 8.86. The van der Waals surface area contributed by atoms with Crippen molar-refractivity contribution >= 4 is 29.0 Å². The summed E-state index contributed by atoms with van der Waals surface area (Å²) in [4.78, 5) is 34.8. The summed E-state index contributed by atoms with van der Waals surface area (Å²) in [6.07, 6.45) is 11.5. The summed E-state index contributed by atoms with van der Waals surface area (Å²) in [7, 11) is 0. The van der Waals surface area contributed by atoms with E-state index in [1.165, 1.54) is 45.2 Å². The summed E-state index contributed by atoms with van der Waals surface area (Å²) in [6, 6.07) is 11.5. The number of nitrogens with one attached hydrogen (secondary N) is 1. The molecule has 2 aliphatic heterocycles. The maximum absolute atomic E-state index is 13.4. The second-order valence-corrected chi connectivity index (χ2v) is 8.86. The fourth-order valence-corrected chi connectivity index (χ4v) is 4.91. The molecule has 6 heteroatoms. The maximum Gasteiger partial charge on any atom is 0.257 e. The Morgan fingerprint density at radius 3 is 2.66 bits per heavy atom. The van der Waals surface area contributed by atoms with Crippen molar-refractivity contribution in [2.45, 2.75) is 70.8 Å². The molecule has 1 aromatic carbocycles. The predicted molar refractivity (Wildman–Crippen MR) is 128 cm³/mol. The maximum atomic E-state index is 13.4. The zero-order chi connectivity index (χ0) is 22.3. The van der Waals surface area contributed by atoms with Gasteiger partial charge in [-0.05, 0) is 69.5 Å². The van der Waals surface area contributed by atoms with Crippen molar-refractivity contribution in [3.8, 4) is 0 Å². The molecule has 2 aromatic rings. The number of rotatable bonds is 9. The van der Waals surface area contributed by atoms with Crippen LogP contribution >= 0.6 is 0 Å². The van der Waals surface area contributed by atoms with E-state index < -0.39 is 0 Å². The molecule has 1 unspecified atom stereocenters. The normalized spacial score (nSPS) is 16.8. The Labute approximate surface area is 191 Å². The van der Waals surface area contributed by atoms with Crippen molar-refractivity contribution in [1.29, 1.82) is 0 Å². The van der Waals surface area contributed by atoms with Crippen LogP contribution in [-0.4, -0.2) is 40.8 Å². The number of aromatic nitrogens is 1. The van der Waals surface area contributed by atoms with Crippen LogP contribution in [0.15, 0.2) is 42.6 Å². The van der Waals surface area contributed by atoms with Crippen LogP contribution in [0.25, 0.3) is 0 Å². The molecule has 1 atom stereocenters. The molecule has 170 valence electrons. The molecule has 0 radical (unpaired) electrons. The lowest BCUT2D eigenvalue weighted by Gasteiger charge is -2.28. The highest BCUT2D eigenvalue weighted by atomic mass is 16.2. The molecule has 1 N–H and O–H groups in total. The SMILES string of the molecule is CCCCC(CCCCC(=O)N1c2ccccc2C(=O)Nc2cccnc21)N1CCCC1. The summed E-state index contributed by atoms with van der Waals surface area (Å²) in [5, 5.41) is 2.90. The molecule has 3 heterocycles. The number of likely N-dealkylation sites (tertiary alicyclic amines) is 1. The minimum absolute atomic E-state index is 0.0137. The van der Waals surface area contributed by atoms with E-state index in [1.54, 1.807) is 29.3 Å². The zero-order valence-electron chi connectivity index (χ0n) is 19.1. The summed E-state index contributed by atoms with van der Waals surface area (Å²) in [6.45, 7) is 4.70. The van der Waals surface area contributed by atoms with E-state index in [1.807, 2.05) is 18.2 Å². The molecule has 1 aromatic heterocycles. The van der Waals surface area contributed by atoms with Gasteiger partial charge in [0, 0.05) is 18.7 Å². The third kappa shape index (κ3) is 5.01. The molecule has 0 aliphatic carbocycles. The fraction of sp³-hybridized carbons (Fsp3) is 0.500. The van der Waals surface area contributed by atoms with Crippen molar-refractivity contribution in [2.75, 3.05) is 23.3 Å². The van der Waals surface area contributed by atoms with Crippen LogP contribution in [0.5, 0.6) is 0 Å². The number of pyridine rings is 1.